The van der Waals surface area contributed by atoms with Crippen LogP contribution in [0.15, 0.2) is 36.4 Å². The van der Waals surface area contributed by atoms with Crippen LogP contribution in [0.25, 0.3) is 20.9 Å². The number of thiophene rings is 1. The van der Waals surface area contributed by atoms with Crippen LogP contribution in [-0.2, 0) is 6.42 Å². The minimum atomic E-state index is 1.20. The number of fused-ring (bicyclic) bond motifs is 3. The third kappa shape index (κ3) is 1.66. The molecule has 2 aromatic carbocycles. The van der Waals surface area contributed by atoms with Crippen LogP contribution < -0.4 is 0 Å². The van der Waals surface area contributed by atoms with Crippen molar-refractivity contribution >= 4 is 32.2 Å². The van der Waals surface area contributed by atoms with Gasteiger partial charge in [0.15, 0.2) is 0 Å². The highest BCUT2D eigenvalue weighted by Crippen LogP contribution is 2.36. The van der Waals surface area contributed by atoms with Crippen LogP contribution in [0.1, 0.15) is 23.8 Å². The number of aryl methyl sites for hydroxylation is 2. The summed E-state index contributed by atoms with van der Waals surface area (Å²) in [5, 5.41) is 4.22. The van der Waals surface area contributed by atoms with E-state index in [4.69, 9.17) is 0 Å². The van der Waals surface area contributed by atoms with Crippen LogP contribution in [0, 0.1) is 6.92 Å². The van der Waals surface area contributed by atoms with Gasteiger partial charge in [0.25, 0.3) is 0 Å². The van der Waals surface area contributed by atoms with Gasteiger partial charge in [-0.1, -0.05) is 49.7 Å². The van der Waals surface area contributed by atoms with E-state index in [0.29, 0.717) is 0 Å². The molecule has 17 heavy (non-hydrogen) atoms. The molecule has 0 amide bonds. The summed E-state index contributed by atoms with van der Waals surface area (Å²) < 4.78 is 1.46. The average molecular weight is 240 g/mol. The Labute approximate surface area is 106 Å². The predicted octanol–water partition coefficient (Wildman–Crippen LogP) is 5.32. The molecule has 1 heteroatoms. The fourth-order valence-corrected chi connectivity index (χ4v) is 3.79. The van der Waals surface area contributed by atoms with E-state index in [1.54, 1.807) is 5.56 Å². The van der Waals surface area contributed by atoms with Gasteiger partial charge in [-0.05, 0) is 35.1 Å². The van der Waals surface area contributed by atoms with Crippen LogP contribution in [0.5, 0.6) is 0 Å². The number of hydrogen-bond donors (Lipinski definition) is 0. The lowest BCUT2D eigenvalue weighted by Crippen LogP contribution is -1.83. The molecule has 0 radical (unpaired) electrons. The van der Waals surface area contributed by atoms with E-state index >= 15 is 0 Å². The van der Waals surface area contributed by atoms with Gasteiger partial charge < -0.3 is 0 Å². The standard InChI is InChI=1S/C16H16S/c1-3-6-13-11(2)17-16-14-8-5-4-7-12(14)9-10-15(13)16/h4-5,7-10H,3,6H2,1-2H3. The molecular formula is C16H16S. The van der Waals surface area contributed by atoms with Gasteiger partial charge in [0.2, 0.25) is 0 Å². The van der Waals surface area contributed by atoms with Crippen LogP contribution in [0.2, 0.25) is 0 Å². The largest absolute Gasteiger partial charge is 0.140 e. The zero-order valence-corrected chi connectivity index (χ0v) is 11.1. The summed E-state index contributed by atoms with van der Waals surface area (Å²) in [5.41, 5.74) is 1.55. The van der Waals surface area contributed by atoms with Crippen LogP contribution in [0.3, 0.4) is 0 Å². The van der Waals surface area contributed by atoms with Gasteiger partial charge in [-0.15, -0.1) is 11.3 Å². The molecule has 0 nitrogen and oxygen atoms in total. The van der Waals surface area contributed by atoms with Crippen LogP contribution >= 0.6 is 11.3 Å². The fraction of sp³-hybridized carbons (Fsp3) is 0.250. The lowest BCUT2D eigenvalue weighted by atomic mass is 10.0. The zero-order chi connectivity index (χ0) is 11.8. The zero-order valence-electron chi connectivity index (χ0n) is 10.3. The molecule has 0 saturated heterocycles. The summed E-state index contributed by atoms with van der Waals surface area (Å²) >= 11 is 1.95. The first-order valence-corrected chi connectivity index (χ1v) is 7.02. The number of rotatable bonds is 2. The second kappa shape index (κ2) is 4.15. The number of hydrogen-bond acceptors (Lipinski definition) is 1. The smallest absolute Gasteiger partial charge is 0.0426 e. The summed E-state index contributed by atoms with van der Waals surface area (Å²) in [4.78, 5) is 1.48. The summed E-state index contributed by atoms with van der Waals surface area (Å²) in [6, 6.07) is 13.2. The van der Waals surface area contributed by atoms with Gasteiger partial charge in [0.05, 0.1) is 0 Å². The van der Waals surface area contributed by atoms with Crippen LogP contribution in [0.4, 0.5) is 0 Å². The molecule has 3 aromatic rings. The van der Waals surface area contributed by atoms with Crippen molar-refractivity contribution in [3.05, 3.63) is 46.8 Å². The van der Waals surface area contributed by atoms with Gasteiger partial charge in [-0.3, -0.25) is 0 Å². The number of benzene rings is 2. The first kappa shape index (κ1) is 10.8. The Hall–Kier alpha value is -1.34. The van der Waals surface area contributed by atoms with Gasteiger partial charge in [0.1, 0.15) is 0 Å². The molecule has 3 rings (SSSR count). The molecule has 0 saturated carbocycles. The highest BCUT2D eigenvalue weighted by atomic mass is 32.1. The minimum Gasteiger partial charge on any atom is -0.140 e. The maximum absolute atomic E-state index is 2.30. The van der Waals surface area contributed by atoms with E-state index in [-0.39, 0.29) is 0 Å². The fourth-order valence-electron chi connectivity index (χ4n) is 2.56. The molecule has 86 valence electrons. The van der Waals surface area contributed by atoms with E-state index < -0.39 is 0 Å². The second-order valence-corrected chi connectivity index (χ2v) is 5.77. The van der Waals surface area contributed by atoms with Crippen molar-refractivity contribution < 1.29 is 0 Å². The molecular weight excluding hydrogens is 224 g/mol. The van der Waals surface area contributed by atoms with Crippen molar-refractivity contribution in [2.75, 3.05) is 0 Å². The molecule has 1 heterocycles. The second-order valence-electron chi connectivity index (χ2n) is 4.55. The summed E-state index contributed by atoms with van der Waals surface area (Å²) in [6.45, 7) is 4.51. The predicted molar refractivity (Wildman–Crippen MR) is 78.1 cm³/mol. The van der Waals surface area contributed by atoms with E-state index in [1.807, 2.05) is 11.3 Å². The Morgan fingerprint density at radius 2 is 1.82 bits per heavy atom. The Kier molecular flexibility index (Phi) is 2.64. The van der Waals surface area contributed by atoms with Crippen molar-refractivity contribution in [3.63, 3.8) is 0 Å². The van der Waals surface area contributed by atoms with Crippen molar-refractivity contribution in [1.29, 1.82) is 0 Å². The Morgan fingerprint density at radius 1 is 1.00 bits per heavy atom. The van der Waals surface area contributed by atoms with Gasteiger partial charge >= 0.3 is 0 Å². The van der Waals surface area contributed by atoms with E-state index in [9.17, 15) is 0 Å². The van der Waals surface area contributed by atoms with E-state index in [0.717, 1.165) is 0 Å². The molecule has 0 aliphatic carbocycles. The SMILES string of the molecule is CCCc1c(C)sc2c1ccc1ccccc12. The molecule has 0 fully saturated rings. The molecule has 1 aromatic heterocycles. The van der Waals surface area contributed by atoms with Crippen LogP contribution in [-0.4, -0.2) is 0 Å². The molecule has 0 aliphatic heterocycles. The minimum absolute atomic E-state index is 1.20. The first-order valence-electron chi connectivity index (χ1n) is 6.21. The maximum Gasteiger partial charge on any atom is 0.0426 e. The Morgan fingerprint density at radius 3 is 2.65 bits per heavy atom. The molecule has 0 atom stereocenters. The first-order chi connectivity index (χ1) is 8.31. The monoisotopic (exact) mass is 240 g/mol. The summed E-state index contributed by atoms with van der Waals surface area (Å²) in [7, 11) is 0. The van der Waals surface area contributed by atoms with Gasteiger partial charge in [-0.2, -0.15) is 0 Å². The molecule has 0 N–H and O–H groups in total. The van der Waals surface area contributed by atoms with Gasteiger partial charge in [-0.25, -0.2) is 0 Å². The van der Waals surface area contributed by atoms with E-state index in [1.165, 1.54) is 38.6 Å². The van der Waals surface area contributed by atoms with Crippen molar-refractivity contribution in [3.8, 4) is 0 Å². The lowest BCUT2D eigenvalue weighted by Gasteiger charge is -2.01. The average Bonchev–Trinajstić information content (AvgIpc) is 2.67. The maximum atomic E-state index is 2.30. The third-order valence-corrected chi connectivity index (χ3v) is 4.58. The van der Waals surface area contributed by atoms with E-state index in [2.05, 4.69) is 50.2 Å². The highest BCUT2D eigenvalue weighted by Gasteiger charge is 2.10. The highest BCUT2D eigenvalue weighted by molar-refractivity contribution is 7.20. The normalized spacial score (nSPS) is 11.4. The molecule has 0 spiro atoms. The Balaban J connectivity index is 2.40. The lowest BCUT2D eigenvalue weighted by molar-refractivity contribution is 0.927. The third-order valence-electron chi connectivity index (χ3n) is 3.38. The van der Waals surface area contributed by atoms with Crippen molar-refractivity contribution in [2.45, 2.75) is 26.7 Å². The molecule has 0 unspecified atom stereocenters. The van der Waals surface area contributed by atoms with Crippen molar-refractivity contribution in [1.82, 2.24) is 0 Å². The van der Waals surface area contributed by atoms with Crippen molar-refractivity contribution in [2.24, 2.45) is 0 Å². The quantitative estimate of drug-likeness (QED) is 0.569. The summed E-state index contributed by atoms with van der Waals surface area (Å²) in [6.07, 6.45) is 2.42. The topological polar surface area (TPSA) is 0 Å². The Bertz CT molecular complexity index is 676. The molecule has 0 aliphatic rings. The summed E-state index contributed by atoms with van der Waals surface area (Å²) in [5.74, 6) is 0. The van der Waals surface area contributed by atoms with Gasteiger partial charge in [0, 0.05) is 9.58 Å². The molecule has 0 bridgehead atoms.